The molecule has 1 atom stereocenters. The molecule has 2 aliphatic rings. The third kappa shape index (κ3) is 2.81. The largest absolute Gasteiger partial charge is 0.337 e. The molecule has 1 aliphatic carbocycles. The summed E-state index contributed by atoms with van der Waals surface area (Å²) >= 11 is 0. The van der Waals surface area contributed by atoms with Gasteiger partial charge in [0, 0.05) is 31.2 Å². The van der Waals surface area contributed by atoms with E-state index in [1.807, 2.05) is 24.9 Å². The fourth-order valence-electron chi connectivity index (χ4n) is 3.20. The van der Waals surface area contributed by atoms with Gasteiger partial charge in [-0.05, 0) is 38.8 Å². The van der Waals surface area contributed by atoms with Gasteiger partial charge >= 0.3 is 0 Å². The van der Waals surface area contributed by atoms with E-state index < -0.39 is 0 Å². The summed E-state index contributed by atoms with van der Waals surface area (Å²) in [6, 6.07) is 2.20. The number of carbonyl (C=O) groups is 1. The number of amides is 1. The average Bonchev–Trinajstić information content (AvgIpc) is 3.11. The molecule has 1 aliphatic heterocycles. The lowest BCUT2D eigenvalue weighted by Crippen LogP contribution is -2.38. The number of hydrogen-bond donors (Lipinski definition) is 1. The summed E-state index contributed by atoms with van der Waals surface area (Å²) in [5, 5.41) is 8.06. The van der Waals surface area contributed by atoms with E-state index in [9.17, 15) is 4.79 Å². The second-order valence-electron chi connectivity index (χ2n) is 6.38. The van der Waals surface area contributed by atoms with Gasteiger partial charge in [0.25, 0.3) is 11.6 Å². The molecule has 0 radical (unpaired) electrons. The predicted octanol–water partition coefficient (Wildman–Crippen LogP) is 2.26. The summed E-state index contributed by atoms with van der Waals surface area (Å²) in [7, 11) is 1.88. The van der Waals surface area contributed by atoms with Crippen LogP contribution in [-0.4, -0.2) is 47.1 Å². The summed E-state index contributed by atoms with van der Waals surface area (Å²) < 4.78 is 5.32. The van der Waals surface area contributed by atoms with Gasteiger partial charge in [-0.15, -0.1) is 12.4 Å². The zero-order valence-corrected chi connectivity index (χ0v) is 14.2. The minimum Gasteiger partial charge on any atom is -0.337 e. The third-order valence-corrected chi connectivity index (χ3v) is 4.77. The maximum atomic E-state index is 13.0. The van der Waals surface area contributed by atoms with Gasteiger partial charge < -0.3 is 14.7 Å². The molecular weight excluding hydrogens is 316 g/mol. The second-order valence-corrected chi connectivity index (χ2v) is 6.38. The van der Waals surface area contributed by atoms with E-state index in [0.717, 1.165) is 49.1 Å². The highest BCUT2D eigenvalue weighted by Gasteiger charge is 2.31. The number of aryl methyl sites for hydroxylation is 1. The number of hydrogen-bond acceptors (Lipinski definition) is 5. The molecule has 1 saturated carbocycles. The normalized spacial score (nSPS) is 20.5. The van der Waals surface area contributed by atoms with Crippen molar-refractivity contribution in [2.75, 3.05) is 20.1 Å². The van der Waals surface area contributed by atoms with Gasteiger partial charge in [0.15, 0.2) is 0 Å². The van der Waals surface area contributed by atoms with Gasteiger partial charge in [-0.2, -0.15) is 0 Å². The van der Waals surface area contributed by atoms with Crippen molar-refractivity contribution in [1.29, 1.82) is 0 Å². The first kappa shape index (κ1) is 16.2. The number of nitrogens with zero attached hydrogens (tertiary/aromatic N) is 3. The van der Waals surface area contributed by atoms with E-state index in [0.29, 0.717) is 17.2 Å². The van der Waals surface area contributed by atoms with Crippen LogP contribution in [0.15, 0.2) is 10.6 Å². The van der Waals surface area contributed by atoms with Crippen molar-refractivity contribution in [1.82, 2.24) is 20.4 Å². The van der Waals surface area contributed by atoms with Gasteiger partial charge in [0.2, 0.25) is 0 Å². The van der Waals surface area contributed by atoms with Crippen molar-refractivity contribution in [2.45, 2.75) is 38.1 Å². The molecule has 0 bridgehead atoms. The number of likely N-dealkylation sites (N-methyl/N-ethyl adjacent to an activating group) is 1. The monoisotopic (exact) mass is 336 g/mol. The molecule has 4 rings (SSSR count). The summed E-state index contributed by atoms with van der Waals surface area (Å²) in [4.78, 5) is 19.4. The van der Waals surface area contributed by atoms with Crippen molar-refractivity contribution in [3.8, 4) is 0 Å². The smallest absolute Gasteiger partial charge is 0.259 e. The quantitative estimate of drug-likeness (QED) is 0.931. The molecule has 0 spiro atoms. The number of rotatable bonds is 3. The Morgan fingerprint density at radius 3 is 2.83 bits per heavy atom. The fourth-order valence-corrected chi connectivity index (χ4v) is 3.20. The number of nitrogens with one attached hydrogen (secondary N) is 1. The first-order valence-electron chi connectivity index (χ1n) is 7.90. The van der Waals surface area contributed by atoms with Gasteiger partial charge in [-0.1, -0.05) is 5.16 Å². The molecule has 1 N–H and O–H groups in total. The number of pyridine rings is 1. The summed E-state index contributed by atoms with van der Waals surface area (Å²) in [6.07, 6.45) is 3.28. The zero-order chi connectivity index (χ0) is 15.3. The Balaban J connectivity index is 0.00000156. The summed E-state index contributed by atoms with van der Waals surface area (Å²) in [6.45, 7) is 3.68. The van der Waals surface area contributed by atoms with Crippen LogP contribution in [0.5, 0.6) is 0 Å². The Labute approximate surface area is 141 Å². The molecule has 1 saturated heterocycles. The molecule has 6 nitrogen and oxygen atoms in total. The highest BCUT2D eigenvalue weighted by molar-refractivity contribution is 6.06. The van der Waals surface area contributed by atoms with Crippen LogP contribution in [0.2, 0.25) is 0 Å². The van der Waals surface area contributed by atoms with Crippen LogP contribution >= 0.6 is 12.4 Å². The van der Waals surface area contributed by atoms with E-state index in [-0.39, 0.29) is 24.4 Å². The van der Waals surface area contributed by atoms with Gasteiger partial charge in [0.1, 0.15) is 0 Å². The van der Waals surface area contributed by atoms with Gasteiger partial charge in [0.05, 0.1) is 16.6 Å². The SMILES string of the molecule is Cc1noc2nc(C3CC3)cc(C(=O)N(C)C3CCNC3)c12.Cl. The zero-order valence-electron chi connectivity index (χ0n) is 13.3. The molecule has 23 heavy (non-hydrogen) atoms. The molecular formula is C16H21ClN4O2. The molecule has 2 fully saturated rings. The molecule has 2 aromatic heterocycles. The van der Waals surface area contributed by atoms with Crippen LogP contribution < -0.4 is 5.32 Å². The maximum Gasteiger partial charge on any atom is 0.259 e. The maximum absolute atomic E-state index is 13.0. The van der Waals surface area contributed by atoms with Crippen molar-refractivity contribution >= 4 is 29.4 Å². The first-order valence-corrected chi connectivity index (χ1v) is 7.90. The molecule has 3 heterocycles. The fraction of sp³-hybridized carbons (Fsp3) is 0.562. The van der Waals surface area contributed by atoms with E-state index in [4.69, 9.17) is 4.52 Å². The van der Waals surface area contributed by atoms with Crippen LogP contribution in [0.25, 0.3) is 11.1 Å². The van der Waals surface area contributed by atoms with Crippen molar-refractivity contribution in [2.24, 2.45) is 0 Å². The Kier molecular flexibility index (Phi) is 4.29. The van der Waals surface area contributed by atoms with Crippen molar-refractivity contribution in [3.05, 3.63) is 23.0 Å². The number of carbonyl (C=O) groups excluding carboxylic acids is 1. The molecule has 1 unspecified atom stereocenters. The number of aromatic nitrogens is 2. The Morgan fingerprint density at radius 1 is 1.39 bits per heavy atom. The number of halogens is 1. The lowest BCUT2D eigenvalue weighted by molar-refractivity contribution is 0.0745. The predicted molar refractivity (Wildman–Crippen MR) is 89.1 cm³/mol. The summed E-state index contributed by atoms with van der Waals surface area (Å²) in [5.74, 6) is 0.508. The van der Waals surface area contributed by atoms with E-state index >= 15 is 0 Å². The minimum atomic E-state index is 0. The second kappa shape index (κ2) is 6.09. The molecule has 7 heteroatoms. The molecule has 1 amide bonds. The van der Waals surface area contributed by atoms with Crippen LogP contribution in [0.3, 0.4) is 0 Å². The van der Waals surface area contributed by atoms with Crippen molar-refractivity contribution in [3.63, 3.8) is 0 Å². The van der Waals surface area contributed by atoms with Crippen molar-refractivity contribution < 1.29 is 9.32 Å². The van der Waals surface area contributed by atoms with E-state index in [1.165, 1.54) is 0 Å². The van der Waals surface area contributed by atoms with Crippen LogP contribution in [-0.2, 0) is 0 Å². The average molecular weight is 337 g/mol. The highest BCUT2D eigenvalue weighted by Crippen LogP contribution is 2.40. The third-order valence-electron chi connectivity index (χ3n) is 4.77. The standard InChI is InChI=1S/C16H20N4O2.ClH/c1-9-14-12(16(21)20(2)11-5-6-17-8-11)7-13(10-3-4-10)18-15(14)22-19-9;/h7,10-11,17H,3-6,8H2,1-2H3;1H. The minimum absolute atomic E-state index is 0. The van der Waals surface area contributed by atoms with Gasteiger partial charge in [-0.25, -0.2) is 4.98 Å². The van der Waals surface area contributed by atoms with E-state index in [1.54, 1.807) is 0 Å². The summed E-state index contributed by atoms with van der Waals surface area (Å²) in [5.41, 5.74) is 2.86. The Morgan fingerprint density at radius 2 is 2.17 bits per heavy atom. The molecule has 2 aromatic rings. The van der Waals surface area contributed by atoms with Crippen LogP contribution in [0.1, 0.15) is 46.9 Å². The Bertz CT molecular complexity index is 735. The first-order chi connectivity index (χ1) is 10.6. The van der Waals surface area contributed by atoms with Gasteiger partial charge in [-0.3, -0.25) is 4.79 Å². The van der Waals surface area contributed by atoms with E-state index in [2.05, 4.69) is 15.5 Å². The van der Waals surface area contributed by atoms with Crippen LogP contribution in [0.4, 0.5) is 0 Å². The lowest BCUT2D eigenvalue weighted by atomic mass is 10.1. The molecule has 0 aromatic carbocycles. The Hall–Kier alpha value is -1.66. The van der Waals surface area contributed by atoms with Crippen LogP contribution in [0, 0.1) is 6.92 Å². The topological polar surface area (TPSA) is 71.3 Å². The number of fused-ring (bicyclic) bond motifs is 1. The lowest BCUT2D eigenvalue weighted by Gasteiger charge is -2.24. The highest BCUT2D eigenvalue weighted by atomic mass is 35.5. The molecule has 124 valence electrons.